The van der Waals surface area contributed by atoms with Gasteiger partial charge in [-0.25, -0.2) is 0 Å². The molecule has 9 rings (SSSR count). The largest absolute Gasteiger partial charge is 0.467 e. The van der Waals surface area contributed by atoms with Gasteiger partial charge in [0.2, 0.25) is 0 Å². The number of allylic oxidation sites excluding steroid dienone is 2. The monoisotopic (exact) mass is 1040 g/mol. The Morgan fingerprint density at radius 3 is 1.36 bits per heavy atom. The van der Waals surface area contributed by atoms with E-state index in [9.17, 15) is 5.11 Å². The van der Waals surface area contributed by atoms with Gasteiger partial charge in [-0.2, -0.15) is 0 Å². The van der Waals surface area contributed by atoms with Gasteiger partial charge in [-0.05, 0) is 115 Å². The van der Waals surface area contributed by atoms with Crippen molar-refractivity contribution in [3.05, 3.63) is 73.9 Å². The van der Waals surface area contributed by atoms with Crippen LogP contribution in [0.1, 0.15) is 320 Å². The van der Waals surface area contributed by atoms with Crippen LogP contribution in [-0.2, 0) is 27.1 Å². The van der Waals surface area contributed by atoms with Gasteiger partial charge in [0.05, 0.1) is 18.3 Å². The Hall–Kier alpha value is -2.64. The Balaban J connectivity index is 1.15. The summed E-state index contributed by atoms with van der Waals surface area (Å²) in [6.45, 7) is 7.44. The predicted octanol–water partition coefficient (Wildman–Crippen LogP) is 19.9. The van der Waals surface area contributed by atoms with Crippen LogP contribution in [0.15, 0.2) is 29.4 Å². The summed E-state index contributed by atoms with van der Waals surface area (Å²) in [4.78, 5) is 0. The van der Waals surface area contributed by atoms with E-state index >= 15 is 0 Å². The summed E-state index contributed by atoms with van der Waals surface area (Å²) in [5.41, 5.74) is 15.4. The number of aliphatic hydroxyl groups excluding tert-OH is 1. The predicted molar refractivity (Wildman–Crippen MR) is 314 cm³/mol. The van der Waals surface area contributed by atoms with Gasteiger partial charge in [0.15, 0.2) is 13.6 Å². The number of aliphatic hydroxyl groups is 1. The van der Waals surface area contributed by atoms with E-state index in [0.29, 0.717) is 29.6 Å². The Morgan fingerprint density at radius 2 is 0.895 bits per heavy atom. The first kappa shape index (κ1) is 58.0. The molecular formula is C70H108O6. The van der Waals surface area contributed by atoms with Gasteiger partial charge in [-0.15, -0.1) is 0 Å². The minimum Gasteiger partial charge on any atom is -0.467 e. The van der Waals surface area contributed by atoms with Gasteiger partial charge in [-0.3, -0.25) is 0 Å². The van der Waals surface area contributed by atoms with E-state index in [1.165, 1.54) is 227 Å². The number of fused-ring (bicyclic) bond motifs is 14. The highest BCUT2D eigenvalue weighted by Gasteiger charge is 2.63. The van der Waals surface area contributed by atoms with Gasteiger partial charge in [0, 0.05) is 54.9 Å². The van der Waals surface area contributed by atoms with E-state index in [-0.39, 0.29) is 37.6 Å². The molecule has 7 aliphatic rings. The molecule has 6 heteroatoms. The lowest BCUT2D eigenvalue weighted by Gasteiger charge is -2.53. The molecule has 6 nitrogen and oxygen atoms in total. The molecule has 3 fully saturated rings. The van der Waals surface area contributed by atoms with Gasteiger partial charge in [-0.1, -0.05) is 224 Å². The number of unbranched alkanes of at least 4 members (excludes halogenated alkanes) is 19. The zero-order valence-electron chi connectivity index (χ0n) is 49.1. The third kappa shape index (κ3) is 12.9. The van der Waals surface area contributed by atoms with Crippen LogP contribution < -0.4 is 9.47 Å². The number of methoxy groups -OCH3 is 2. The Bertz CT molecular complexity index is 2170. The van der Waals surface area contributed by atoms with Crippen molar-refractivity contribution >= 4 is 6.08 Å². The molecule has 2 aromatic carbocycles. The highest BCUT2D eigenvalue weighted by Crippen LogP contribution is 2.73. The first-order valence-electron chi connectivity index (χ1n) is 32.9. The van der Waals surface area contributed by atoms with E-state index in [1.54, 1.807) is 36.5 Å². The molecule has 10 atom stereocenters. The molecule has 0 aromatic heterocycles. The summed E-state index contributed by atoms with van der Waals surface area (Å²) in [5.74, 6) is 4.60. The molecule has 2 aliphatic heterocycles. The van der Waals surface area contributed by atoms with Crippen LogP contribution in [-0.4, -0.2) is 32.9 Å². The molecule has 2 saturated carbocycles. The molecule has 2 aromatic rings. The van der Waals surface area contributed by atoms with Crippen molar-refractivity contribution in [2.45, 2.75) is 288 Å². The molecule has 2 heterocycles. The van der Waals surface area contributed by atoms with Crippen molar-refractivity contribution in [1.82, 2.24) is 0 Å². The molecule has 424 valence electrons. The van der Waals surface area contributed by atoms with E-state index in [2.05, 4.69) is 45.1 Å². The van der Waals surface area contributed by atoms with Crippen molar-refractivity contribution in [2.24, 2.45) is 29.6 Å². The SMILES string of the molecule is CCCCCCCCCCCCc1c2c(c(CCCCCCCCCCCC)c3c1[C@H]1O[C@@H]3[C@H]3[C@@H]1[C@@H]1CCCCCC[C@@H]4C1=C1[C@H](CCCCCC[C@@H]13)c1c(OCOC)ccc(OCOC)c14)C=CC(CCCC)C2O. The first-order chi connectivity index (χ1) is 37.6. The van der Waals surface area contributed by atoms with Crippen LogP contribution in [0, 0.1) is 29.6 Å². The second-order valence-electron chi connectivity index (χ2n) is 25.4. The lowest BCUT2D eigenvalue weighted by Crippen LogP contribution is -2.44. The molecule has 0 spiro atoms. The van der Waals surface area contributed by atoms with Crippen molar-refractivity contribution in [2.75, 3.05) is 27.8 Å². The molecule has 0 amide bonds. The molecule has 0 radical (unpaired) electrons. The summed E-state index contributed by atoms with van der Waals surface area (Å²) in [6, 6.07) is 4.39. The fraction of sp³-hybridized carbons (Fsp3) is 0.771. The normalized spacial score (nSPS) is 27.3. The average molecular weight is 1050 g/mol. The fourth-order valence-corrected chi connectivity index (χ4v) is 17.0. The number of ether oxygens (including phenoxy) is 5. The Kier molecular flexibility index (Phi) is 22.7. The van der Waals surface area contributed by atoms with Crippen LogP contribution in [0.3, 0.4) is 0 Å². The van der Waals surface area contributed by atoms with Gasteiger partial charge in [0.1, 0.15) is 11.5 Å². The summed E-state index contributed by atoms with van der Waals surface area (Å²) >= 11 is 0. The lowest BCUT2D eigenvalue weighted by atomic mass is 9.50. The molecular weight excluding hydrogens is 937 g/mol. The molecule has 2 bridgehead atoms. The highest BCUT2D eigenvalue weighted by atomic mass is 16.7. The summed E-state index contributed by atoms with van der Waals surface area (Å²) in [7, 11) is 3.50. The first-order valence-corrected chi connectivity index (χ1v) is 32.9. The topological polar surface area (TPSA) is 66.4 Å². The molecule has 76 heavy (non-hydrogen) atoms. The van der Waals surface area contributed by atoms with Crippen molar-refractivity contribution in [3.8, 4) is 11.5 Å². The summed E-state index contributed by atoms with van der Waals surface area (Å²) in [6.07, 6.45) is 52.2. The van der Waals surface area contributed by atoms with Gasteiger partial charge < -0.3 is 28.8 Å². The fourth-order valence-electron chi connectivity index (χ4n) is 17.0. The zero-order chi connectivity index (χ0) is 52.6. The van der Waals surface area contributed by atoms with Gasteiger partial charge in [0.25, 0.3) is 0 Å². The van der Waals surface area contributed by atoms with Crippen LogP contribution in [0.4, 0.5) is 0 Å². The van der Waals surface area contributed by atoms with Crippen molar-refractivity contribution in [1.29, 1.82) is 0 Å². The van der Waals surface area contributed by atoms with E-state index in [1.807, 2.05) is 5.57 Å². The van der Waals surface area contributed by atoms with E-state index in [0.717, 1.165) is 50.0 Å². The summed E-state index contributed by atoms with van der Waals surface area (Å²) < 4.78 is 32.7. The quantitative estimate of drug-likeness (QED) is 0.0461. The third-order valence-electron chi connectivity index (χ3n) is 20.4. The number of benzene rings is 2. The molecule has 5 aliphatic carbocycles. The highest BCUT2D eigenvalue weighted by molar-refractivity contribution is 5.71. The van der Waals surface area contributed by atoms with Gasteiger partial charge >= 0.3 is 0 Å². The maximum absolute atomic E-state index is 13.0. The maximum Gasteiger partial charge on any atom is 0.188 e. The van der Waals surface area contributed by atoms with Crippen LogP contribution in [0.2, 0.25) is 0 Å². The van der Waals surface area contributed by atoms with Crippen molar-refractivity contribution < 1.29 is 28.8 Å². The Morgan fingerprint density at radius 1 is 0.474 bits per heavy atom. The molecule has 1 saturated heterocycles. The minimum atomic E-state index is -0.448. The zero-order valence-corrected chi connectivity index (χ0v) is 49.1. The molecule has 1 N–H and O–H groups in total. The van der Waals surface area contributed by atoms with Crippen LogP contribution in [0.25, 0.3) is 6.08 Å². The number of hydrogen-bond acceptors (Lipinski definition) is 6. The second kappa shape index (κ2) is 29.7. The van der Waals surface area contributed by atoms with E-state index < -0.39 is 6.10 Å². The average Bonchev–Trinajstić information content (AvgIpc) is 4.26. The smallest absolute Gasteiger partial charge is 0.188 e. The second-order valence-corrected chi connectivity index (χ2v) is 25.4. The standard InChI is InChI=1S/C70H108O6/c1-6-9-12-14-16-18-20-22-24-30-37-50-51-44-43-49(36-11-8-3)68(71)61(51)56(42-31-25-23-21-19-17-15-13-10-7-2)67-64(50)69-65-54-40-34-28-26-32-38-52-59(54)60-53(39-33-27-29-35-41-55(60)66(65)70(67)76-69)63-58(75-48-73-5)46-45-57(62(52)63)74-47-72-4/h43-46,49,52-55,65-66,68-71H,6-42,47-48H2,1-5H3/t49?,52-,53+,54-,55+,65+,66-,68?,69-,70-/m0/s1. The van der Waals surface area contributed by atoms with Crippen molar-refractivity contribution in [3.63, 3.8) is 0 Å². The minimum absolute atomic E-state index is 0.0839. The maximum atomic E-state index is 13.0. The van der Waals surface area contributed by atoms with Crippen LogP contribution in [0.5, 0.6) is 11.5 Å². The lowest BCUT2D eigenvalue weighted by molar-refractivity contribution is 0.0462. The number of rotatable bonds is 31. The van der Waals surface area contributed by atoms with Crippen LogP contribution >= 0.6 is 0 Å². The Labute approximate surface area is 464 Å². The number of hydrogen-bond donors (Lipinski definition) is 1. The third-order valence-corrected chi connectivity index (χ3v) is 20.4. The molecule has 2 unspecified atom stereocenters. The van der Waals surface area contributed by atoms with E-state index in [4.69, 9.17) is 23.7 Å². The summed E-state index contributed by atoms with van der Waals surface area (Å²) in [5, 5.41) is 13.0.